The molecule has 1 unspecified atom stereocenters. The maximum atomic E-state index is 12.9. The maximum Gasteiger partial charge on any atom is 0.261 e. The molecule has 2 aromatic rings. The van der Waals surface area contributed by atoms with Crippen LogP contribution in [0.3, 0.4) is 0 Å². The summed E-state index contributed by atoms with van der Waals surface area (Å²) in [7, 11) is -3.08. The van der Waals surface area contributed by atoms with Crippen molar-refractivity contribution in [3.8, 4) is 5.75 Å². The van der Waals surface area contributed by atoms with Crippen molar-refractivity contribution in [1.29, 1.82) is 0 Å². The number of aryl methyl sites for hydroxylation is 2. The summed E-state index contributed by atoms with van der Waals surface area (Å²) in [6, 6.07) is 15.1. The molecule has 1 fully saturated rings. The first kappa shape index (κ1) is 19.4. The Morgan fingerprint density at radius 3 is 2.19 bits per heavy atom. The Hall–Kier alpha value is -2.34. The maximum absolute atomic E-state index is 12.9. The Balaban J connectivity index is 1.72. The predicted molar refractivity (Wildman–Crippen MR) is 105 cm³/mol. The van der Waals surface area contributed by atoms with Crippen LogP contribution in [-0.2, 0) is 21.2 Å². The van der Waals surface area contributed by atoms with Crippen LogP contribution >= 0.6 is 0 Å². The minimum Gasteiger partial charge on any atom is -0.484 e. The fourth-order valence-electron chi connectivity index (χ4n) is 3.19. The van der Waals surface area contributed by atoms with E-state index in [2.05, 4.69) is 0 Å². The van der Waals surface area contributed by atoms with Crippen molar-refractivity contribution in [2.45, 2.75) is 32.9 Å². The molecule has 0 radical (unpaired) electrons. The van der Waals surface area contributed by atoms with Crippen LogP contribution in [0.15, 0.2) is 48.5 Å². The molecule has 1 aliphatic heterocycles. The molecule has 1 amide bonds. The quantitative estimate of drug-likeness (QED) is 0.765. The number of ether oxygens (including phenoxy) is 1. The number of carbonyl (C=O) groups excluding carboxylic acids is 1. The summed E-state index contributed by atoms with van der Waals surface area (Å²) in [5.41, 5.74) is 3.24. The van der Waals surface area contributed by atoms with Crippen LogP contribution in [0.2, 0.25) is 0 Å². The van der Waals surface area contributed by atoms with Gasteiger partial charge in [-0.1, -0.05) is 47.5 Å². The molecule has 0 saturated carbocycles. The number of amides is 1. The summed E-state index contributed by atoms with van der Waals surface area (Å²) in [6.07, 6.45) is 0.477. The summed E-state index contributed by atoms with van der Waals surface area (Å²) in [5.74, 6) is 0.588. The van der Waals surface area contributed by atoms with E-state index in [1.54, 1.807) is 4.90 Å². The molecular formula is C21H25NO4S. The summed E-state index contributed by atoms with van der Waals surface area (Å²) in [5, 5.41) is 0. The van der Waals surface area contributed by atoms with Gasteiger partial charge in [-0.15, -0.1) is 0 Å². The van der Waals surface area contributed by atoms with Gasteiger partial charge in [0.1, 0.15) is 5.75 Å². The highest BCUT2D eigenvalue weighted by Gasteiger charge is 2.34. The predicted octanol–water partition coefficient (Wildman–Crippen LogP) is 2.90. The summed E-state index contributed by atoms with van der Waals surface area (Å²) in [4.78, 5) is 14.5. The third-order valence-corrected chi connectivity index (χ3v) is 6.58. The number of sulfone groups is 1. The molecule has 27 heavy (non-hydrogen) atoms. The van der Waals surface area contributed by atoms with Crippen LogP contribution in [0, 0.1) is 13.8 Å². The first-order chi connectivity index (χ1) is 12.8. The first-order valence-electron chi connectivity index (χ1n) is 9.07. The molecule has 0 aliphatic carbocycles. The van der Waals surface area contributed by atoms with Crippen LogP contribution < -0.4 is 4.74 Å². The third-order valence-electron chi connectivity index (χ3n) is 4.83. The van der Waals surface area contributed by atoms with Gasteiger partial charge in [-0.05, 0) is 38.0 Å². The largest absolute Gasteiger partial charge is 0.484 e. The molecule has 0 N–H and O–H groups in total. The zero-order valence-electron chi connectivity index (χ0n) is 15.7. The Morgan fingerprint density at radius 2 is 1.63 bits per heavy atom. The van der Waals surface area contributed by atoms with Gasteiger partial charge < -0.3 is 9.64 Å². The van der Waals surface area contributed by atoms with Crippen molar-refractivity contribution in [3.05, 3.63) is 65.2 Å². The number of hydrogen-bond acceptors (Lipinski definition) is 4. The monoisotopic (exact) mass is 387 g/mol. The SMILES string of the molecule is Cc1ccc(CN(C(=O)COc2ccc(C)cc2)C2CCS(=O)(=O)C2)cc1. The molecule has 1 heterocycles. The van der Waals surface area contributed by atoms with Crippen molar-refractivity contribution >= 4 is 15.7 Å². The zero-order chi connectivity index (χ0) is 19.4. The lowest BCUT2D eigenvalue weighted by Crippen LogP contribution is -2.43. The van der Waals surface area contributed by atoms with Crippen LogP contribution in [0.25, 0.3) is 0 Å². The van der Waals surface area contributed by atoms with Crippen LogP contribution in [-0.4, -0.2) is 43.4 Å². The molecule has 6 heteroatoms. The van der Waals surface area contributed by atoms with Gasteiger partial charge in [0.2, 0.25) is 0 Å². The third kappa shape index (κ3) is 5.32. The van der Waals surface area contributed by atoms with E-state index in [4.69, 9.17) is 4.74 Å². The van der Waals surface area contributed by atoms with E-state index in [1.165, 1.54) is 0 Å². The standard InChI is InChI=1S/C21H25NO4S/c1-16-3-7-18(8-4-16)13-22(19-11-12-27(24,25)15-19)21(23)14-26-20-9-5-17(2)6-10-20/h3-10,19H,11-15H2,1-2H3. The average molecular weight is 388 g/mol. The lowest BCUT2D eigenvalue weighted by Gasteiger charge is -2.28. The number of rotatable bonds is 6. The Bertz CT molecular complexity index is 889. The molecule has 0 aromatic heterocycles. The highest BCUT2D eigenvalue weighted by atomic mass is 32.2. The highest BCUT2D eigenvalue weighted by Crippen LogP contribution is 2.21. The van der Waals surface area contributed by atoms with Crippen molar-refractivity contribution in [1.82, 2.24) is 4.90 Å². The lowest BCUT2D eigenvalue weighted by atomic mass is 10.1. The molecule has 1 saturated heterocycles. The van der Waals surface area contributed by atoms with Crippen molar-refractivity contribution < 1.29 is 17.9 Å². The minimum atomic E-state index is -3.08. The summed E-state index contributed by atoms with van der Waals surface area (Å²) < 4.78 is 29.4. The van der Waals surface area contributed by atoms with Crippen LogP contribution in [0.4, 0.5) is 0 Å². The second-order valence-electron chi connectivity index (χ2n) is 7.17. The van der Waals surface area contributed by atoms with Gasteiger partial charge in [-0.2, -0.15) is 0 Å². The number of nitrogens with zero attached hydrogens (tertiary/aromatic N) is 1. The highest BCUT2D eigenvalue weighted by molar-refractivity contribution is 7.91. The fraction of sp³-hybridized carbons (Fsp3) is 0.381. The van der Waals surface area contributed by atoms with Crippen LogP contribution in [0.1, 0.15) is 23.1 Å². The van der Waals surface area contributed by atoms with E-state index >= 15 is 0 Å². The fourth-order valence-corrected chi connectivity index (χ4v) is 4.93. The number of hydrogen-bond donors (Lipinski definition) is 0. The van der Waals surface area contributed by atoms with Gasteiger partial charge in [-0.25, -0.2) is 8.42 Å². The van der Waals surface area contributed by atoms with Crippen molar-refractivity contribution in [3.63, 3.8) is 0 Å². The molecular weight excluding hydrogens is 362 g/mol. The molecule has 5 nitrogen and oxygen atoms in total. The zero-order valence-corrected chi connectivity index (χ0v) is 16.5. The summed E-state index contributed by atoms with van der Waals surface area (Å²) in [6.45, 7) is 4.27. The van der Waals surface area contributed by atoms with Gasteiger partial charge in [-0.3, -0.25) is 4.79 Å². The molecule has 3 rings (SSSR count). The van der Waals surface area contributed by atoms with Gasteiger partial charge >= 0.3 is 0 Å². The number of benzene rings is 2. The Morgan fingerprint density at radius 1 is 1.04 bits per heavy atom. The lowest BCUT2D eigenvalue weighted by molar-refractivity contribution is -0.136. The normalized spacial score (nSPS) is 18.2. The van der Waals surface area contributed by atoms with E-state index < -0.39 is 9.84 Å². The Labute approximate surface area is 160 Å². The second-order valence-corrected chi connectivity index (χ2v) is 9.39. The summed E-state index contributed by atoms with van der Waals surface area (Å²) >= 11 is 0. The van der Waals surface area contributed by atoms with E-state index in [9.17, 15) is 13.2 Å². The van der Waals surface area contributed by atoms with Gasteiger partial charge in [0.25, 0.3) is 5.91 Å². The van der Waals surface area contributed by atoms with Crippen molar-refractivity contribution in [2.75, 3.05) is 18.1 Å². The molecule has 2 aromatic carbocycles. The van der Waals surface area contributed by atoms with Crippen LogP contribution in [0.5, 0.6) is 5.75 Å². The smallest absolute Gasteiger partial charge is 0.261 e. The van der Waals surface area contributed by atoms with E-state index in [0.717, 1.165) is 16.7 Å². The van der Waals surface area contributed by atoms with E-state index in [-0.39, 0.29) is 30.1 Å². The first-order valence-corrected chi connectivity index (χ1v) is 10.9. The molecule has 1 aliphatic rings. The Kier molecular flexibility index (Phi) is 5.85. The van der Waals surface area contributed by atoms with E-state index in [1.807, 2.05) is 62.4 Å². The van der Waals surface area contributed by atoms with Crippen molar-refractivity contribution in [2.24, 2.45) is 0 Å². The molecule has 0 bridgehead atoms. The topological polar surface area (TPSA) is 63.7 Å². The van der Waals surface area contributed by atoms with E-state index in [0.29, 0.717) is 18.7 Å². The van der Waals surface area contributed by atoms with Gasteiger partial charge in [0, 0.05) is 12.6 Å². The van der Waals surface area contributed by atoms with Gasteiger partial charge in [0.15, 0.2) is 16.4 Å². The number of carbonyl (C=O) groups is 1. The second kappa shape index (κ2) is 8.13. The molecule has 0 spiro atoms. The average Bonchev–Trinajstić information content (AvgIpc) is 3.00. The molecule has 1 atom stereocenters. The molecule has 144 valence electrons. The minimum absolute atomic E-state index is 0.0229. The van der Waals surface area contributed by atoms with Gasteiger partial charge in [0.05, 0.1) is 11.5 Å².